The van der Waals surface area contributed by atoms with Crippen LogP contribution in [0.25, 0.3) is 16.9 Å². The minimum atomic E-state index is -0.239. The predicted molar refractivity (Wildman–Crippen MR) is 92.9 cm³/mol. The Morgan fingerprint density at radius 1 is 1.28 bits per heavy atom. The highest BCUT2D eigenvalue weighted by Crippen LogP contribution is 2.23. The molecular formula is C17H20N6O2. The highest BCUT2D eigenvalue weighted by atomic mass is 16.5. The normalized spacial score (nSPS) is 20.1. The zero-order valence-electron chi connectivity index (χ0n) is 14.0. The molecule has 0 unspecified atom stereocenters. The maximum absolute atomic E-state index is 9.65. The number of aliphatic hydroxyl groups excluding tert-OH is 1. The Labute approximate surface area is 144 Å². The van der Waals surface area contributed by atoms with Gasteiger partial charge in [-0.25, -0.2) is 4.98 Å². The SMILES string of the molecule is CCOc1ccc(-n2nnc3cnc(N[C@H]4CC[C@H](O)C4)nc32)cc1. The first-order chi connectivity index (χ1) is 12.2. The first-order valence-electron chi connectivity index (χ1n) is 8.49. The smallest absolute Gasteiger partial charge is 0.225 e. The van der Waals surface area contributed by atoms with Gasteiger partial charge in [0.2, 0.25) is 5.95 Å². The predicted octanol–water partition coefficient (Wildman–Crippen LogP) is 1.93. The van der Waals surface area contributed by atoms with Crippen molar-refractivity contribution in [3.05, 3.63) is 30.5 Å². The van der Waals surface area contributed by atoms with Gasteiger partial charge in [-0.15, -0.1) is 5.10 Å². The molecule has 0 aliphatic heterocycles. The summed E-state index contributed by atoms with van der Waals surface area (Å²) in [5.41, 5.74) is 2.12. The maximum Gasteiger partial charge on any atom is 0.225 e. The van der Waals surface area contributed by atoms with Gasteiger partial charge in [-0.1, -0.05) is 5.21 Å². The highest BCUT2D eigenvalue weighted by molar-refractivity contribution is 5.72. The number of fused-ring (bicyclic) bond motifs is 1. The highest BCUT2D eigenvalue weighted by Gasteiger charge is 2.23. The van der Waals surface area contributed by atoms with E-state index < -0.39 is 0 Å². The summed E-state index contributed by atoms with van der Waals surface area (Å²) in [6.07, 6.45) is 3.87. The van der Waals surface area contributed by atoms with Crippen molar-refractivity contribution in [1.29, 1.82) is 0 Å². The molecule has 8 nitrogen and oxygen atoms in total. The average molecular weight is 340 g/mol. The summed E-state index contributed by atoms with van der Waals surface area (Å²) in [7, 11) is 0. The molecule has 0 saturated heterocycles. The largest absolute Gasteiger partial charge is 0.494 e. The molecule has 1 fully saturated rings. The van der Waals surface area contributed by atoms with Crippen LogP contribution in [0.1, 0.15) is 26.2 Å². The van der Waals surface area contributed by atoms with Crippen LogP contribution in [0.4, 0.5) is 5.95 Å². The van der Waals surface area contributed by atoms with Gasteiger partial charge in [-0.2, -0.15) is 9.67 Å². The Morgan fingerprint density at radius 3 is 2.84 bits per heavy atom. The van der Waals surface area contributed by atoms with Crippen molar-refractivity contribution in [3.63, 3.8) is 0 Å². The van der Waals surface area contributed by atoms with Crippen LogP contribution in [0.3, 0.4) is 0 Å². The number of rotatable bonds is 5. The van der Waals surface area contributed by atoms with Crippen molar-refractivity contribution in [1.82, 2.24) is 25.0 Å². The van der Waals surface area contributed by atoms with Crippen LogP contribution >= 0.6 is 0 Å². The Morgan fingerprint density at radius 2 is 2.12 bits per heavy atom. The summed E-state index contributed by atoms with van der Waals surface area (Å²) < 4.78 is 7.15. The summed E-state index contributed by atoms with van der Waals surface area (Å²) >= 11 is 0. The molecule has 2 heterocycles. The number of anilines is 1. The van der Waals surface area contributed by atoms with Crippen molar-refractivity contribution in [2.45, 2.75) is 38.3 Å². The van der Waals surface area contributed by atoms with E-state index in [0.717, 1.165) is 30.7 Å². The van der Waals surface area contributed by atoms with Gasteiger partial charge in [0.1, 0.15) is 5.75 Å². The van der Waals surface area contributed by atoms with E-state index in [-0.39, 0.29) is 12.1 Å². The molecular weight excluding hydrogens is 320 g/mol. The lowest BCUT2D eigenvalue weighted by molar-refractivity contribution is 0.182. The van der Waals surface area contributed by atoms with Gasteiger partial charge in [0.25, 0.3) is 0 Å². The van der Waals surface area contributed by atoms with Crippen molar-refractivity contribution >= 4 is 17.1 Å². The summed E-state index contributed by atoms with van der Waals surface area (Å²) in [5, 5.41) is 21.3. The summed E-state index contributed by atoms with van der Waals surface area (Å²) in [5.74, 6) is 1.34. The molecule has 0 bridgehead atoms. The Kier molecular flexibility index (Phi) is 4.19. The second-order valence-corrected chi connectivity index (χ2v) is 6.14. The van der Waals surface area contributed by atoms with E-state index in [1.54, 1.807) is 10.9 Å². The molecule has 1 saturated carbocycles. The second-order valence-electron chi connectivity index (χ2n) is 6.14. The minimum Gasteiger partial charge on any atom is -0.494 e. The van der Waals surface area contributed by atoms with E-state index in [1.165, 1.54) is 0 Å². The van der Waals surface area contributed by atoms with Gasteiger partial charge < -0.3 is 15.2 Å². The molecule has 1 aliphatic rings. The first kappa shape index (κ1) is 15.8. The van der Waals surface area contributed by atoms with Crippen LogP contribution < -0.4 is 10.1 Å². The van der Waals surface area contributed by atoms with Gasteiger partial charge in [0, 0.05) is 6.04 Å². The van der Waals surface area contributed by atoms with Crippen molar-refractivity contribution in [3.8, 4) is 11.4 Å². The van der Waals surface area contributed by atoms with E-state index in [1.807, 2.05) is 31.2 Å². The first-order valence-corrected chi connectivity index (χ1v) is 8.49. The molecule has 2 atom stereocenters. The van der Waals surface area contributed by atoms with Crippen LogP contribution in [0.5, 0.6) is 5.75 Å². The molecule has 130 valence electrons. The van der Waals surface area contributed by atoms with Gasteiger partial charge in [-0.05, 0) is 50.5 Å². The molecule has 0 radical (unpaired) electrons. The molecule has 1 aliphatic carbocycles. The lowest BCUT2D eigenvalue weighted by atomic mass is 10.2. The standard InChI is InChI=1S/C17H20N6O2/c1-2-25-14-7-4-12(5-8-14)23-16-15(21-22-23)10-18-17(20-16)19-11-3-6-13(24)9-11/h4-5,7-8,10-11,13,24H,2-3,6,9H2,1H3,(H,18,19,20)/t11-,13-/m0/s1. The molecule has 4 rings (SSSR count). The van der Waals surface area contributed by atoms with Gasteiger partial charge >= 0.3 is 0 Å². The van der Waals surface area contributed by atoms with Gasteiger partial charge in [0.15, 0.2) is 11.2 Å². The van der Waals surface area contributed by atoms with E-state index >= 15 is 0 Å². The lowest BCUT2D eigenvalue weighted by Crippen LogP contribution is -2.18. The quantitative estimate of drug-likeness (QED) is 0.732. The monoisotopic (exact) mass is 340 g/mol. The Bertz CT molecular complexity index is 863. The van der Waals surface area contributed by atoms with Crippen molar-refractivity contribution in [2.24, 2.45) is 0 Å². The zero-order valence-corrected chi connectivity index (χ0v) is 14.0. The lowest BCUT2D eigenvalue weighted by Gasteiger charge is -2.11. The second kappa shape index (κ2) is 6.64. The van der Waals surface area contributed by atoms with E-state index in [0.29, 0.717) is 23.7 Å². The van der Waals surface area contributed by atoms with Crippen molar-refractivity contribution in [2.75, 3.05) is 11.9 Å². The number of aromatic nitrogens is 5. The summed E-state index contributed by atoms with van der Waals surface area (Å²) in [6, 6.07) is 7.82. The fourth-order valence-corrected chi connectivity index (χ4v) is 3.09. The van der Waals surface area contributed by atoms with Crippen LogP contribution in [0.15, 0.2) is 30.5 Å². The molecule has 0 amide bonds. The van der Waals surface area contributed by atoms with Crippen LogP contribution in [0.2, 0.25) is 0 Å². The molecule has 3 aromatic rings. The number of hydrogen-bond donors (Lipinski definition) is 2. The van der Waals surface area contributed by atoms with Crippen LogP contribution in [-0.2, 0) is 0 Å². The third-order valence-corrected chi connectivity index (χ3v) is 4.32. The van der Waals surface area contributed by atoms with Crippen LogP contribution in [-0.4, -0.2) is 48.8 Å². The van der Waals surface area contributed by atoms with Gasteiger partial charge in [-0.3, -0.25) is 0 Å². The molecule has 0 spiro atoms. The Hall–Kier alpha value is -2.74. The summed E-state index contributed by atoms with van der Waals surface area (Å²) in [4.78, 5) is 8.86. The topological polar surface area (TPSA) is 98.0 Å². The number of nitrogens with zero attached hydrogens (tertiary/aromatic N) is 5. The minimum absolute atomic E-state index is 0.197. The van der Waals surface area contributed by atoms with Crippen LogP contribution in [0, 0.1) is 0 Å². The number of aliphatic hydroxyl groups is 1. The number of hydrogen-bond acceptors (Lipinski definition) is 7. The third-order valence-electron chi connectivity index (χ3n) is 4.32. The van der Waals surface area contributed by atoms with E-state index in [9.17, 15) is 5.11 Å². The Balaban J connectivity index is 1.62. The van der Waals surface area contributed by atoms with Gasteiger partial charge in [0.05, 0.1) is 24.6 Å². The van der Waals surface area contributed by atoms with E-state index in [2.05, 4.69) is 25.6 Å². The maximum atomic E-state index is 9.65. The third kappa shape index (κ3) is 3.25. The fraction of sp³-hybridized carbons (Fsp3) is 0.412. The molecule has 25 heavy (non-hydrogen) atoms. The summed E-state index contributed by atoms with van der Waals surface area (Å²) in [6.45, 7) is 2.58. The number of ether oxygens (including phenoxy) is 1. The number of benzene rings is 1. The molecule has 1 aromatic carbocycles. The zero-order chi connectivity index (χ0) is 17.2. The fourth-order valence-electron chi connectivity index (χ4n) is 3.09. The molecule has 2 N–H and O–H groups in total. The molecule has 2 aromatic heterocycles. The number of nitrogens with one attached hydrogen (secondary N) is 1. The van der Waals surface area contributed by atoms with E-state index in [4.69, 9.17) is 4.74 Å². The average Bonchev–Trinajstić information content (AvgIpc) is 3.22. The van der Waals surface area contributed by atoms with Crippen molar-refractivity contribution < 1.29 is 9.84 Å². The molecule has 8 heteroatoms.